The molecule has 0 saturated carbocycles. The second-order valence-electron chi connectivity index (χ2n) is 5.27. The van der Waals surface area contributed by atoms with Gasteiger partial charge in [0.25, 0.3) is 0 Å². The third-order valence-corrected chi connectivity index (χ3v) is 3.68. The van der Waals surface area contributed by atoms with Gasteiger partial charge in [0.15, 0.2) is 0 Å². The fourth-order valence-corrected chi connectivity index (χ4v) is 2.46. The Morgan fingerprint density at radius 3 is 2.38 bits per heavy atom. The molecule has 0 radical (unpaired) electrons. The van der Waals surface area contributed by atoms with E-state index in [1.807, 2.05) is 26.0 Å². The summed E-state index contributed by atoms with van der Waals surface area (Å²) in [4.78, 5) is 4.42. The topological polar surface area (TPSA) is 29.9 Å². The van der Waals surface area contributed by atoms with Crippen molar-refractivity contribution in [2.24, 2.45) is 7.05 Å². The Balaban J connectivity index is 0.00000117. The van der Waals surface area contributed by atoms with Crippen molar-refractivity contribution in [2.75, 3.05) is 5.32 Å². The number of aryl methyl sites for hydroxylation is 1. The van der Waals surface area contributed by atoms with Crippen LogP contribution in [0.15, 0.2) is 54.7 Å². The smallest absolute Gasteiger partial charge is 0.326 e. The Bertz CT molecular complexity index is 872. The second-order valence-corrected chi connectivity index (χ2v) is 5.71. The third kappa shape index (κ3) is 4.79. The van der Waals surface area contributed by atoms with Gasteiger partial charge in [-0.1, -0.05) is 43.6 Å². The lowest BCUT2D eigenvalue weighted by atomic mass is 10.2. The van der Waals surface area contributed by atoms with E-state index in [0.717, 1.165) is 17.7 Å². The van der Waals surface area contributed by atoms with E-state index in [1.165, 1.54) is 6.07 Å². The molecule has 7 heteroatoms. The summed E-state index contributed by atoms with van der Waals surface area (Å²) in [7, 11) is 1.76. The molecule has 2 aromatic carbocycles. The minimum atomic E-state index is -4.38. The van der Waals surface area contributed by atoms with Crippen LogP contribution in [0.3, 0.4) is 0 Å². The molecular weight excluding hydrogens is 363 g/mol. The highest BCUT2D eigenvalue weighted by Gasteiger charge is 2.30. The summed E-state index contributed by atoms with van der Waals surface area (Å²) in [5.41, 5.74) is 1.11. The molecule has 0 aliphatic heterocycles. The van der Waals surface area contributed by atoms with Gasteiger partial charge in [-0.15, -0.1) is 0 Å². The van der Waals surface area contributed by atoms with Crippen molar-refractivity contribution in [1.29, 1.82) is 0 Å². The average molecular weight is 382 g/mol. The molecule has 3 rings (SSSR count). The summed E-state index contributed by atoms with van der Waals surface area (Å²) >= 11 is 5.97. The van der Waals surface area contributed by atoms with Crippen LogP contribution in [-0.4, -0.2) is 9.55 Å². The Morgan fingerprint density at radius 2 is 1.73 bits per heavy atom. The number of aromatic nitrogens is 2. The van der Waals surface area contributed by atoms with Crippen molar-refractivity contribution in [3.05, 3.63) is 65.3 Å². The van der Waals surface area contributed by atoms with E-state index in [0.29, 0.717) is 22.4 Å². The number of benzene rings is 2. The third-order valence-electron chi connectivity index (χ3n) is 3.44. The monoisotopic (exact) mass is 381 g/mol. The summed E-state index contributed by atoms with van der Waals surface area (Å²) in [6.07, 6.45) is -2.60. The lowest BCUT2D eigenvalue weighted by Crippen LogP contribution is -2.06. The summed E-state index contributed by atoms with van der Waals surface area (Å²) in [6, 6.07) is 12.2. The van der Waals surface area contributed by atoms with Crippen LogP contribution in [0.4, 0.5) is 24.8 Å². The minimum Gasteiger partial charge on any atom is -0.326 e. The molecule has 0 atom stereocenters. The number of hydrogen-bond acceptors (Lipinski definition) is 2. The minimum absolute atomic E-state index is 0.316. The fraction of sp³-hybridized carbons (Fsp3) is 0.211. The molecule has 3 nitrogen and oxygen atoms in total. The van der Waals surface area contributed by atoms with Gasteiger partial charge < -0.3 is 9.88 Å². The highest BCUT2D eigenvalue weighted by Crippen LogP contribution is 2.31. The SMILES string of the molecule is CC.Cn1cc(-c2cccc(Cl)c2)nc1Nc1cccc(C(F)(F)F)c1. The lowest BCUT2D eigenvalue weighted by molar-refractivity contribution is -0.137. The van der Waals surface area contributed by atoms with Crippen molar-refractivity contribution in [3.8, 4) is 11.3 Å². The lowest BCUT2D eigenvalue weighted by Gasteiger charge is -2.10. The van der Waals surface area contributed by atoms with E-state index in [9.17, 15) is 13.2 Å². The number of rotatable bonds is 3. The maximum absolute atomic E-state index is 12.8. The first-order valence-electron chi connectivity index (χ1n) is 8.06. The molecule has 1 N–H and O–H groups in total. The Morgan fingerprint density at radius 1 is 1.04 bits per heavy atom. The highest BCUT2D eigenvalue weighted by molar-refractivity contribution is 6.30. The van der Waals surface area contributed by atoms with Crippen LogP contribution in [0.2, 0.25) is 5.02 Å². The number of hydrogen-bond donors (Lipinski definition) is 1. The van der Waals surface area contributed by atoms with Crippen LogP contribution in [0.25, 0.3) is 11.3 Å². The normalized spacial score (nSPS) is 10.9. The van der Waals surface area contributed by atoms with E-state index in [-0.39, 0.29) is 0 Å². The van der Waals surface area contributed by atoms with Crippen molar-refractivity contribution >= 4 is 23.2 Å². The Kier molecular flexibility index (Phi) is 6.32. The molecule has 0 bridgehead atoms. The number of anilines is 2. The molecule has 0 aliphatic carbocycles. The first kappa shape index (κ1) is 19.8. The summed E-state index contributed by atoms with van der Waals surface area (Å²) < 4.78 is 40.1. The number of halogens is 4. The van der Waals surface area contributed by atoms with Crippen LogP contribution in [0.5, 0.6) is 0 Å². The van der Waals surface area contributed by atoms with Gasteiger partial charge in [0.2, 0.25) is 5.95 Å². The maximum atomic E-state index is 12.8. The van der Waals surface area contributed by atoms with Gasteiger partial charge in [-0.2, -0.15) is 13.2 Å². The Labute approximate surface area is 155 Å². The van der Waals surface area contributed by atoms with Gasteiger partial charge in [-0.3, -0.25) is 0 Å². The molecule has 0 fully saturated rings. The first-order chi connectivity index (χ1) is 12.3. The predicted octanol–water partition coefficient (Wildman–Crippen LogP) is 6.53. The van der Waals surface area contributed by atoms with Crippen LogP contribution in [0, 0.1) is 0 Å². The van der Waals surface area contributed by atoms with Gasteiger partial charge in [-0.05, 0) is 30.3 Å². The quantitative estimate of drug-likeness (QED) is 0.559. The Hall–Kier alpha value is -2.47. The molecule has 3 aromatic rings. The fourth-order valence-electron chi connectivity index (χ4n) is 2.27. The van der Waals surface area contributed by atoms with E-state index < -0.39 is 11.7 Å². The van der Waals surface area contributed by atoms with Crippen LogP contribution < -0.4 is 5.32 Å². The van der Waals surface area contributed by atoms with E-state index >= 15 is 0 Å². The molecule has 0 aliphatic rings. The predicted molar refractivity (Wildman–Crippen MR) is 99.7 cm³/mol. The standard InChI is InChI=1S/C17H13ClF3N3.C2H6/c1-24-10-15(11-4-2-6-13(18)8-11)23-16(24)22-14-7-3-5-12(9-14)17(19,20)21;1-2/h2-10H,1H3,(H,22,23);1-2H3. The largest absolute Gasteiger partial charge is 0.416 e. The molecule has 1 heterocycles. The molecule has 0 unspecified atom stereocenters. The van der Waals surface area contributed by atoms with Crippen LogP contribution >= 0.6 is 11.6 Å². The number of alkyl halides is 3. The summed E-state index contributed by atoms with van der Waals surface area (Å²) in [5.74, 6) is 0.435. The molecule has 138 valence electrons. The number of imidazole rings is 1. The van der Waals surface area contributed by atoms with Gasteiger partial charge in [0.1, 0.15) is 0 Å². The van der Waals surface area contributed by atoms with E-state index in [4.69, 9.17) is 11.6 Å². The van der Waals surface area contributed by atoms with Crippen LogP contribution in [0.1, 0.15) is 19.4 Å². The maximum Gasteiger partial charge on any atom is 0.416 e. The molecular formula is C19H19ClF3N3. The molecule has 0 spiro atoms. The zero-order chi connectivity index (χ0) is 19.3. The number of nitrogens with zero attached hydrogens (tertiary/aromatic N) is 2. The number of nitrogens with one attached hydrogen (secondary N) is 1. The zero-order valence-electron chi connectivity index (χ0n) is 14.6. The van der Waals surface area contributed by atoms with Crippen molar-refractivity contribution in [1.82, 2.24) is 9.55 Å². The second kappa shape index (κ2) is 8.27. The van der Waals surface area contributed by atoms with Crippen molar-refractivity contribution in [2.45, 2.75) is 20.0 Å². The average Bonchev–Trinajstić information content (AvgIpc) is 2.97. The zero-order valence-corrected chi connectivity index (χ0v) is 15.4. The van der Waals surface area contributed by atoms with Gasteiger partial charge in [0.05, 0.1) is 11.3 Å². The first-order valence-corrected chi connectivity index (χ1v) is 8.44. The van der Waals surface area contributed by atoms with Crippen molar-refractivity contribution in [3.63, 3.8) is 0 Å². The highest BCUT2D eigenvalue weighted by atomic mass is 35.5. The summed E-state index contributed by atoms with van der Waals surface area (Å²) in [5, 5.41) is 3.50. The van der Waals surface area contributed by atoms with Gasteiger partial charge >= 0.3 is 6.18 Å². The molecule has 1 aromatic heterocycles. The molecule has 0 saturated heterocycles. The molecule has 0 amide bonds. The van der Waals surface area contributed by atoms with Gasteiger partial charge in [-0.25, -0.2) is 4.98 Å². The van der Waals surface area contributed by atoms with Crippen molar-refractivity contribution < 1.29 is 13.2 Å². The summed E-state index contributed by atoms with van der Waals surface area (Å²) in [6.45, 7) is 4.00. The van der Waals surface area contributed by atoms with Gasteiger partial charge in [0, 0.05) is 29.5 Å². The van der Waals surface area contributed by atoms with E-state index in [1.54, 1.807) is 36.0 Å². The van der Waals surface area contributed by atoms with E-state index in [2.05, 4.69) is 10.3 Å². The van der Waals surface area contributed by atoms with Crippen LogP contribution in [-0.2, 0) is 13.2 Å². The molecule has 26 heavy (non-hydrogen) atoms.